The van der Waals surface area contributed by atoms with Gasteiger partial charge in [0, 0.05) is 18.4 Å². The van der Waals surface area contributed by atoms with Crippen LogP contribution in [0, 0.1) is 0 Å². The first-order valence-corrected chi connectivity index (χ1v) is 10.3. The normalized spacial score (nSPS) is 11.9. The highest BCUT2D eigenvalue weighted by Gasteiger charge is 2.29. The van der Waals surface area contributed by atoms with Crippen molar-refractivity contribution in [2.75, 3.05) is 12.8 Å². The van der Waals surface area contributed by atoms with Gasteiger partial charge in [-0.05, 0) is 19.1 Å². The van der Waals surface area contributed by atoms with Crippen molar-refractivity contribution in [2.45, 2.75) is 17.9 Å². The maximum absolute atomic E-state index is 12.6. The zero-order valence-electron chi connectivity index (χ0n) is 15.3. The summed E-state index contributed by atoms with van der Waals surface area (Å²) in [5.74, 6) is -1.86. The summed E-state index contributed by atoms with van der Waals surface area (Å²) in [6.07, 6.45) is -0.473. The third-order valence-corrected chi connectivity index (χ3v) is 4.80. The Morgan fingerprint density at radius 3 is 2.21 bits per heavy atom. The van der Waals surface area contributed by atoms with Crippen molar-refractivity contribution in [1.82, 2.24) is 10.6 Å². The van der Waals surface area contributed by atoms with Crippen LogP contribution in [-0.2, 0) is 19.4 Å². The fraction of sp³-hybridized carbons (Fsp3) is 0.211. The van der Waals surface area contributed by atoms with Gasteiger partial charge in [-0.15, -0.1) is 0 Å². The lowest BCUT2D eigenvalue weighted by Crippen LogP contribution is -2.42. The van der Waals surface area contributed by atoms with Crippen LogP contribution in [0.5, 0.6) is 0 Å². The Labute approximate surface area is 162 Å². The van der Waals surface area contributed by atoms with E-state index in [4.69, 9.17) is 4.74 Å². The number of nitrogens with one attached hydrogen (secondary N) is 2. The number of carbonyl (C=O) groups is 3. The molecule has 2 rings (SSSR count). The molecule has 8 nitrogen and oxygen atoms in total. The second-order valence-corrected chi connectivity index (χ2v) is 7.80. The number of imide groups is 1. The molecule has 2 aromatic rings. The molecule has 0 radical (unpaired) electrons. The molecule has 0 heterocycles. The van der Waals surface area contributed by atoms with E-state index in [1.165, 1.54) is 24.3 Å². The molecule has 2 aromatic carbocycles. The van der Waals surface area contributed by atoms with E-state index in [0.29, 0.717) is 12.1 Å². The zero-order valence-corrected chi connectivity index (χ0v) is 16.2. The van der Waals surface area contributed by atoms with Gasteiger partial charge in [-0.2, -0.15) is 0 Å². The summed E-state index contributed by atoms with van der Waals surface area (Å²) in [6, 6.07) is 12.9. The predicted molar refractivity (Wildman–Crippen MR) is 101 cm³/mol. The topological polar surface area (TPSA) is 119 Å². The third-order valence-electron chi connectivity index (χ3n) is 3.65. The Balaban J connectivity index is 2.35. The lowest BCUT2D eigenvalue weighted by molar-refractivity contribution is -0.129. The molecular weight excluding hydrogens is 384 g/mol. The number of amides is 3. The Bertz CT molecular complexity index is 973. The van der Waals surface area contributed by atoms with Crippen LogP contribution in [0.2, 0.25) is 0 Å². The van der Waals surface area contributed by atoms with Crippen LogP contribution in [0.3, 0.4) is 0 Å². The molecule has 2 N–H and O–H groups in total. The highest BCUT2D eigenvalue weighted by molar-refractivity contribution is 7.90. The molecule has 0 bridgehead atoms. The lowest BCUT2D eigenvalue weighted by atomic mass is 10.1. The minimum Gasteiger partial charge on any atom is -0.444 e. The van der Waals surface area contributed by atoms with E-state index in [-0.39, 0.29) is 10.5 Å². The van der Waals surface area contributed by atoms with E-state index < -0.39 is 33.8 Å². The molecule has 0 saturated heterocycles. The fourth-order valence-corrected chi connectivity index (χ4v) is 3.29. The number of sulfone groups is 1. The van der Waals surface area contributed by atoms with Crippen molar-refractivity contribution in [3.63, 3.8) is 0 Å². The quantitative estimate of drug-likeness (QED) is 0.709. The number of rotatable bonds is 6. The van der Waals surface area contributed by atoms with Gasteiger partial charge >= 0.3 is 12.0 Å². The van der Waals surface area contributed by atoms with E-state index >= 15 is 0 Å². The van der Waals surface area contributed by atoms with Crippen molar-refractivity contribution >= 4 is 27.7 Å². The maximum Gasteiger partial charge on any atom is 0.340 e. The van der Waals surface area contributed by atoms with Gasteiger partial charge in [-0.3, -0.25) is 10.1 Å². The van der Waals surface area contributed by atoms with Gasteiger partial charge in [0.25, 0.3) is 5.91 Å². The standard InChI is InChI=1S/C19H20N2O6S/c1-3-20-19(24)21-17(22)16(13-9-5-4-6-10-13)27-18(23)14-11-7-8-12-15(14)28(2,25)26/h4-12,16H,3H2,1-2H3,(H2,20,21,22,24)/t16-/m0/s1. The smallest absolute Gasteiger partial charge is 0.340 e. The molecule has 0 fully saturated rings. The highest BCUT2D eigenvalue weighted by atomic mass is 32.2. The maximum atomic E-state index is 12.6. The van der Waals surface area contributed by atoms with Crippen molar-refractivity contribution in [2.24, 2.45) is 0 Å². The van der Waals surface area contributed by atoms with Crippen molar-refractivity contribution in [1.29, 1.82) is 0 Å². The predicted octanol–water partition coefficient (Wildman–Crippen LogP) is 1.83. The Hall–Kier alpha value is -3.20. The van der Waals surface area contributed by atoms with E-state index in [1.807, 2.05) is 0 Å². The molecular formula is C19H20N2O6S. The number of urea groups is 1. The first-order chi connectivity index (χ1) is 13.2. The molecule has 0 aliphatic heterocycles. The fourth-order valence-electron chi connectivity index (χ4n) is 2.41. The molecule has 9 heteroatoms. The van der Waals surface area contributed by atoms with Crippen molar-refractivity contribution in [3.05, 3.63) is 65.7 Å². The summed E-state index contributed by atoms with van der Waals surface area (Å²) in [4.78, 5) is 36.6. The van der Waals surface area contributed by atoms with Gasteiger partial charge in [0.15, 0.2) is 9.84 Å². The van der Waals surface area contributed by atoms with E-state index in [9.17, 15) is 22.8 Å². The van der Waals surface area contributed by atoms with Gasteiger partial charge in [-0.1, -0.05) is 42.5 Å². The molecule has 0 saturated carbocycles. The van der Waals surface area contributed by atoms with Crippen LogP contribution in [0.1, 0.15) is 28.9 Å². The first-order valence-electron chi connectivity index (χ1n) is 8.37. The Morgan fingerprint density at radius 1 is 1.00 bits per heavy atom. The van der Waals surface area contributed by atoms with Crippen molar-refractivity contribution < 1.29 is 27.5 Å². The van der Waals surface area contributed by atoms with Crippen molar-refractivity contribution in [3.8, 4) is 0 Å². The van der Waals surface area contributed by atoms with Gasteiger partial charge in [0.2, 0.25) is 6.10 Å². The molecule has 0 aromatic heterocycles. The molecule has 0 spiro atoms. The van der Waals surface area contributed by atoms with Crippen LogP contribution in [-0.4, -0.2) is 39.1 Å². The van der Waals surface area contributed by atoms with Crippen LogP contribution >= 0.6 is 0 Å². The summed E-state index contributed by atoms with van der Waals surface area (Å²) in [5.41, 5.74) is 0.131. The Kier molecular flexibility index (Phi) is 6.89. The number of ether oxygens (including phenoxy) is 1. The molecule has 0 aliphatic rings. The average molecular weight is 404 g/mol. The Morgan fingerprint density at radius 2 is 1.61 bits per heavy atom. The molecule has 0 unspecified atom stereocenters. The molecule has 1 atom stereocenters. The number of benzene rings is 2. The largest absolute Gasteiger partial charge is 0.444 e. The summed E-state index contributed by atoms with van der Waals surface area (Å²) in [7, 11) is -3.69. The summed E-state index contributed by atoms with van der Waals surface area (Å²) in [6.45, 7) is 1.98. The number of hydrogen-bond acceptors (Lipinski definition) is 6. The van der Waals surface area contributed by atoms with Gasteiger partial charge in [-0.25, -0.2) is 18.0 Å². The van der Waals surface area contributed by atoms with Crippen LogP contribution in [0.15, 0.2) is 59.5 Å². The molecule has 3 amide bonds. The van der Waals surface area contributed by atoms with Crippen LogP contribution < -0.4 is 10.6 Å². The second kappa shape index (κ2) is 9.14. The SMILES string of the molecule is CCNC(=O)NC(=O)[C@@H](OC(=O)c1ccccc1S(C)(=O)=O)c1ccccc1. The minimum atomic E-state index is -3.69. The van der Waals surface area contributed by atoms with Gasteiger partial charge < -0.3 is 10.1 Å². The van der Waals surface area contributed by atoms with Gasteiger partial charge in [0.05, 0.1) is 10.5 Å². The first kappa shape index (κ1) is 21.1. The van der Waals surface area contributed by atoms with E-state index in [2.05, 4.69) is 10.6 Å². The monoisotopic (exact) mass is 404 g/mol. The number of carbonyl (C=O) groups excluding carboxylic acids is 3. The van der Waals surface area contributed by atoms with Crippen LogP contribution in [0.25, 0.3) is 0 Å². The highest BCUT2D eigenvalue weighted by Crippen LogP contribution is 2.22. The molecule has 0 aliphatic carbocycles. The number of esters is 1. The summed E-state index contributed by atoms with van der Waals surface area (Å²) < 4.78 is 29.2. The molecule has 148 valence electrons. The van der Waals surface area contributed by atoms with E-state index in [1.54, 1.807) is 37.3 Å². The average Bonchev–Trinajstić information content (AvgIpc) is 2.66. The minimum absolute atomic E-state index is 0.197. The zero-order chi connectivity index (χ0) is 20.7. The molecule has 28 heavy (non-hydrogen) atoms. The third kappa shape index (κ3) is 5.40. The summed E-state index contributed by atoms with van der Waals surface area (Å²) in [5, 5.41) is 4.50. The lowest BCUT2D eigenvalue weighted by Gasteiger charge is -2.18. The van der Waals surface area contributed by atoms with Crippen LogP contribution in [0.4, 0.5) is 4.79 Å². The van der Waals surface area contributed by atoms with Gasteiger partial charge in [0.1, 0.15) is 0 Å². The van der Waals surface area contributed by atoms with E-state index in [0.717, 1.165) is 6.26 Å². The number of hydrogen-bond donors (Lipinski definition) is 2. The second-order valence-electron chi connectivity index (χ2n) is 5.81. The summed E-state index contributed by atoms with van der Waals surface area (Å²) >= 11 is 0.